The summed E-state index contributed by atoms with van der Waals surface area (Å²) in [6, 6.07) is 12.7. The molecule has 0 aliphatic heterocycles. The van der Waals surface area contributed by atoms with Crippen LogP contribution in [0.3, 0.4) is 0 Å². The first-order valence-electron chi connectivity index (χ1n) is 8.71. The van der Waals surface area contributed by atoms with Gasteiger partial charge in [0.2, 0.25) is 5.95 Å². The van der Waals surface area contributed by atoms with Gasteiger partial charge in [0.15, 0.2) is 0 Å². The molecule has 0 spiro atoms. The highest BCUT2D eigenvalue weighted by Gasteiger charge is 2.12. The van der Waals surface area contributed by atoms with Crippen LogP contribution in [-0.2, 0) is 0 Å². The molecule has 0 radical (unpaired) electrons. The molecule has 2 N–H and O–H groups in total. The van der Waals surface area contributed by atoms with Crippen molar-refractivity contribution < 1.29 is 14.3 Å². The van der Waals surface area contributed by atoms with E-state index in [4.69, 9.17) is 9.47 Å². The highest BCUT2D eigenvalue weighted by atomic mass is 16.5. The van der Waals surface area contributed by atoms with Crippen molar-refractivity contribution in [2.45, 2.75) is 13.8 Å². The number of benzene rings is 2. The Balaban J connectivity index is 1.79. The molecule has 1 aromatic heterocycles. The van der Waals surface area contributed by atoms with Crippen LogP contribution in [-0.4, -0.2) is 30.1 Å². The normalized spacial score (nSPS) is 10.3. The van der Waals surface area contributed by atoms with Crippen LogP contribution >= 0.6 is 0 Å². The fourth-order valence-corrected chi connectivity index (χ4v) is 2.71. The predicted molar refractivity (Wildman–Crippen MR) is 109 cm³/mol. The number of amides is 1. The lowest BCUT2D eigenvalue weighted by atomic mass is 10.1. The molecule has 0 aliphatic carbocycles. The number of aryl methyl sites for hydroxylation is 2. The van der Waals surface area contributed by atoms with Crippen molar-refractivity contribution in [1.29, 1.82) is 0 Å². The molecule has 144 valence electrons. The smallest absolute Gasteiger partial charge is 0.274 e. The number of carbonyl (C=O) groups excluding carboxylic acids is 1. The zero-order valence-corrected chi connectivity index (χ0v) is 16.2. The van der Waals surface area contributed by atoms with E-state index in [1.165, 1.54) is 6.20 Å². The molecule has 28 heavy (non-hydrogen) atoms. The Morgan fingerprint density at radius 1 is 0.964 bits per heavy atom. The predicted octanol–water partition coefficient (Wildman–Crippen LogP) is 4.11. The van der Waals surface area contributed by atoms with Crippen LogP contribution in [0.5, 0.6) is 11.5 Å². The van der Waals surface area contributed by atoms with E-state index in [0.29, 0.717) is 17.2 Å². The van der Waals surface area contributed by atoms with Gasteiger partial charge in [-0.1, -0.05) is 17.7 Å². The maximum Gasteiger partial charge on any atom is 0.274 e. The van der Waals surface area contributed by atoms with E-state index in [0.717, 1.165) is 16.8 Å². The molecule has 0 unspecified atom stereocenters. The van der Waals surface area contributed by atoms with Crippen LogP contribution in [0.2, 0.25) is 0 Å². The lowest BCUT2D eigenvalue weighted by Crippen LogP contribution is -2.15. The molecule has 2 aromatic carbocycles. The minimum atomic E-state index is -0.306. The molecule has 1 amide bonds. The van der Waals surface area contributed by atoms with Crippen molar-refractivity contribution in [3.63, 3.8) is 0 Å². The van der Waals surface area contributed by atoms with Gasteiger partial charge in [0.1, 0.15) is 17.2 Å². The van der Waals surface area contributed by atoms with Crippen molar-refractivity contribution in [2.75, 3.05) is 24.9 Å². The minimum absolute atomic E-state index is 0.255. The van der Waals surface area contributed by atoms with Gasteiger partial charge in [0, 0.05) is 18.0 Å². The SMILES string of the molecule is COc1ccc(Nc2nccc(C(=O)Nc3ccc(C)cc3C)n2)c(OC)c1. The number of anilines is 3. The minimum Gasteiger partial charge on any atom is -0.497 e. The quantitative estimate of drug-likeness (QED) is 0.671. The number of rotatable bonds is 6. The summed E-state index contributed by atoms with van der Waals surface area (Å²) in [5, 5.41) is 5.95. The summed E-state index contributed by atoms with van der Waals surface area (Å²) >= 11 is 0. The second kappa shape index (κ2) is 8.39. The van der Waals surface area contributed by atoms with E-state index in [1.807, 2.05) is 32.0 Å². The molecule has 3 aromatic rings. The van der Waals surface area contributed by atoms with Gasteiger partial charge in [-0.15, -0.1) is 0 Å². The second-order valence-corrected chi connectivity index (χ2v) is 6.23. The van der Waals surface area contributed by atoms with E-state index >= 15 is 0 Å². The highest BCUT2D eigenvalue weighted by Crippen LogP contribution is 2.30. The Labute approximate surface area is 163 Å². The van der Waals surface area contributed by atoms with Gasteiger partial charge in [-0.05, 0) is 43.7 Å². The molecule has 0 aliphatic rings. The zero-order chi connectivity index (χ0) is 20.1. The summed E-state index contributed by atoms with van der Waals surface area (Å²) in [6.45, 7) is 3.96. The van der Waals surface area contributed by atoms with Gasteiger partial charge in [0.05, 0.1) is 19.9 Å². The fourth-order valence-electron chi connectivity index (χ4n) is 2.71. The van der Waals surface area contributed by atoms with Crippen LogP contribution < -0.4 is 20.1 Å². The van der Waals surface area contributed by atoms with Crippen LogP contribution in [0.1, 0.15) is 21.6 Å². The zero-order valence-electron chi connectivity index (χ0n) is 16.2. The van der Waals surface area contributed by atoms with Crippen molar-refractivity contribution in [3.05, 3.63) is 65.5 Å². The van der Waals surface area contributed by atoms with Gasteiger partial charge in [-0.2, -0.15) is 0 Å². The second-order valence-electron chi connectivity index (χ2n) is 6.23. The Morgan fingerprint density at radius 3 is 2.46 bits per heavy atom. The summed E-state index contributed by atoms with van der Waals surface area (Å²) < 4.78 is 10.6. The van der Waals surface area contributed by atoms with E-state index in [9.17, 15) is 4.79 Å². The third-order valence-electron chi connectivity index (χ3n) is 4.17. The standard InChI is InChI=1S/C21H22N4O3/c1-13-5-7-16(14(2)11-13)23-20(26)18-9-10-22-21(25-18)24-17-8-6-15(27-3)12-19(17)28-4/h5-12H,1-4H3,(H,23,26)(H,22,24,25). The third kappa shape index (κ3) is 4.37. The summed E-state index contributed by atoms with van der Waals surface area (Å²) in [4.78, 5) is 21.1. The monoisotopic (exact) mass is 378 g/mol. The van der Waals surface area contributed by atoms with Gasteiger partial charge in [-0.25, -0.2) is 9.97 Å². The molecular formula is C21H22N4O3. The topological polar surface area (TPSA) is 85.4 Å². The van der Waals surface area contributed by atoms with Gasteiger partial charge >= 0.3 is 0 Å². The molecule has 0 saturated heterocycles. The molecule has 0 saturated carbocycles. The third-order valence-corrected chi connectivity index (χ3v) is 4.17. The molecule has 1 heterocycles. The van der Waals surface area contributed by atoms with Crippen LogP contribution in [0.4, 0.5) is 17.3 Å². The molecule has 7 heteroatoms. The molecule has 0 bridgehead atoms. The Morgan fingerprint density at radius 2 is 1.75 bits per heavy atom. The molecule has 0 fully saturated rings. The number of ether oxygens (including phenoxy) is 2. The van der Waals surface area contributed by atoms with Crippen LogP contribution in [0, 0.1) is 13.8 Å². The van der Waals surface area contributed by atoms with Crippen molar-refractivity contribution >= 4 is 23.2 Å². The van der Waals surface area contributed by atoms with E-state index in [2.05, 4.69) is 20.6 Å². The van der Waals surface area contributed by atoms with Gasteiger partial charge in [0.25, 0.3) is 5.91 Å². The summed E-state index contributed by atoms with van der Waals surface area (Å²) in [7, 11) is 3.15. The average Bonchev–Trinajstić information content (AvgIpc) is 2.70. The van der Waals surface area contributed by atoms with Crippen LogP contribution in [0.15, 0.2) is 48.7 Å². The van der Waals surface area contributed by atoms with Crippen molar-refractivity contribution in [2.24, 2.45) is 0 Å². The molecule has 0 atom stereocenters. The highest BCUT2D eigenvalue weighted by molar-refractivity contribution is 6.03. The first-order valence-corrected chi connectivity index (χ1v) is 8.71. The van der Waals surface area contributed by atoms with Gasteiger partial charge < -0.3 is 20.1 Å². The number of nitrogens with zero attached hydrogens (tertiary/aromatic N) is 2. The van der Waals surface area contributed by atoms with Crippen LogP contribution in [0.25, 0.3) is 0 Å². The number of nitrogens with one attached hydrogen (secondary N) is 2. The summed E-state index contributed by atoms with van der Waals surface area (Å²) in [5.41, 5.74) is 3.79. The van der Waals surface area contributed by atoms with Gasteiger partial charge in [-0.3, -0.25) is 4.79 Å². The maximum absolute atomic E-state index is 12.6. The number of hydrogen-bond donors (Lipinski definition) is 2. The van der Waals surface area contributed by atoms with Crippen molar-refractivity contribution in [1.82, 2.24) is 9.97 Å². The van der Waals surface area contributed by atoms with E-state index in [1.54, 1.807) is 38.5 Å². The lowest BCUT2D eigenvalue weighted by Gasteiger charge is -2.12. The van der Waals surface area contributed by atoms with Crippen molar-refractivity contribution in [3.8, 4) is 11.5 Å². The fraction of sp³-hybridized carbons (Fsp3) is 0.190. The number of carbonyl (C=O) groups is 1. The summed E-state index contributed by atoms with van der Waals surface area (Å²) in [6.07, 6.45) is 1.53. The first-order chi connectivity index (χ1) is 13.5. The lowest BCUT2D eigenvalue weighted by molar-refractivity contribution is 0.102. The Kier molecular flexibility index (Phi) is 5.74. The molecular weight excluding hydrogens is 356 g/mol. The van der Waals surface area contributed by atoms with E-state index < -0.39 is 0 Å². The number of hydrogen-bond acceptors (Lipinski definition) is 6. The number of aromatic nitrogens is 2. The molecule has 7 nitrogen and oxygen atoms in total. The Bertz CT molecular complexity index is 1000. The largest absolute Gasteiger partial charge is 0.497 e. The Hall–Kier alpha value is -3.61. The maximum atomic E-state index is 12.6. The molecule has 3 rings (SSSR count). The average molecular weight is 378 g/mol. The summed E-state index contributed by atoms with van der Waals surface area (Å²) in [5.74, 6) is 1.23. The first kappa shape index (κ1) is 19.2. The van der Waals surface area contributed by atoms with E-state index in [-0.39, 0.29) is 17.5 Å². The number of methoxy groups -OCH3 is 2.